The molecule has 0 atom stereocenters. The highest BCUT2D eigenvalue weighted by Gasteiger charge is 2.05. The summed E-state index contributed by atoms with van der Waals surface area (Å²) in [6, 6.07) is 3.72. The molecule has 4 heteroatoms. The van der Waals surface area contributed by atoms with E-state index in [-0.39, 0.29) is 5.78 Å². The van der Waals surface area contributed by atoms with Crippen molar-refractivity contribution >= 4 is 11.4 Å². The Morgan fingerprint density at radius 1 is 1.57 bits per heavy atom. The summed E-state index contributed by atoms with van der Waals surface area (Å²) in [5.41, 5.74) is 2.60. The molecule has 0 aliphatic carbocycles. The van der Waals surface area contributed by atoms with E-state index < -0.39 is 0 Å². The fourth-order valence-corrected chi connectivity index (χ4v) is 1.50. The zero-order chi connectivity index (χ0) is 10.1. The van der Waals surface area contributed by atoms with Crippen molar-refractivity contribution in [1.29, 1.82) is 0 Å². The quantitative estimate of drug-likeness (QED) is 0.712. The molecule has 0 fully saturated rings. The van der Waals surface area contributed by atoms with Crippen LogP contribution in [0.15, 0.2) is 18.3 Å². The van der Waals surface area contributed by atoms with Crippen molar-refractivity contribution in [3.8, 4) is 0 Å². The topological polar surface area (TPSA) is 47.3 Å². The minimum Gasteiger partial charge on any atom is -0.300 e. The molecule has 2 aromatic rings. The molecule has 2 aromatic heterocycles. The summed E-state index contributed by atoms with van der Waals surface area (Å²) in [5, 5.41) is 4.11. The Labute approximate surface area is 81.6 Å². The Bertz CT molecular complexity index is 487. The van der Waals surface area contributed by atoms with E-state index in [0.717, 1.165) is 17.0 Å². The predicted octanol–water partition coefficient (Wildman–Crippen LogP) is 1.17. The highest BCUT2D eigenvalue weighted by atomic mass is 16.1. The fraction of sp³-hybridized carbons (Fsp3) is 0.300. The minimum absolute atomic E-state index is 0.132. The lowest BCUT2D eigenvalue weighted by molar-refractivity contribution is -0.116. The first-order valence-electron chi connectivity index (χ1n) is 4.46. The zero-order valence-corrected chi connectivity index (χ0v) is 8.19. The Balaban J connectivity index is 2.60. The van der Waals surface area contributed by atoms with Crippen LogP contribution in [0.1, 0.15) is 18.3 Å². The molecule has 0 aliphatic rings. The van der Waals surface area contributed by atoms with E-state index in [9.17, 15) is 4.79 Å². The molecule has 0 aromatic carbocycles. The van der Waals surface area contributed by atoms with Gasteiger partial charge in [0.05, 0.1) is 11.9 Å². The molecule has 0 unspecified atom stereocenters. The smallest absolute Gasteiger partial charge is 0.155 e. The zero-order valence-electron chi connectivity index (χ0n) is 8.19. The van der Waals surface area contributed by atoms with E-state index in [0.29, 0.717) is 6.42 Å². The third-order valence-corrected chi connectivity index (χ3v) is 1.99. The first kappa shape index (κ1) is 8.87. The van der Waals surface area contributed by atoms with Gasteiger partial charge in [-0.15, -0.1) is 0 Å². The Kier molecular flexibility index (Phi) is 2.04. The lowest BCUT2D eigenvalue weighted by Crippen LogP contribution is -2.06. The molecule has 0 spiro atoms. The molecule has 0 amide bonds. The summed E-state index contributed by atoms with van der Waals surface area (Å²) in [7, 11) is 0. The normalized spacial score (nSPS) is 10.7. The van der Waals surface area contributed by atoms with E-state index in [1.165, 1.54) is 0 Å². The number of Topliss-reactive ketones (excluding diaryl/α,β-unsaturated/α-hetero) is 1. The van der Waals surface area contributed by atoms with Gasteiger partial charge in [0, 0.05) is 18.2 Å². The number of aryl methyl sites for hydroxylation is 1. The number of ketones is 1. The highest BCUT2D eigenvalue weighted by molar-refractivity contribution is 5.77. The van der Waals surface area contributed by atoms with Crippen molar-refractivity contribution in [2.45, 2.75) is 20.3 Å². The van der Waals surface area contributed by atoms with Crippen molar-refractivity contribution in [3.63, 3.8) is 0 Å². The summed E-state index contributed by atoms with van der Waals surface area (Å²) in [5.74, 6) is 0.132. The van der Waals surface area contributed by atoms with E-state index in [1.807, 2.05) is 19.1 Å². The average Bonchev–Trinajstić information content (AvgIpc) is 2.50. The Morgan fingerprint density at radius 2 is 2.36 bits per heavy atom. The van der Waals surface area contributed by atoms with Gasteiger partial charge in [0.2, 0.25) is 0 Å². The number of rotatable bonds is 2. The van der Waals surface area contributed by atoms with Gasteiger partial charge >= 0.3 is 0 Å². The van der Waals surface area contributed by atoms with E-state index in [4.69, 9.17) is 0 Å². The second-order valence-electron chi connectivity index (χ2n) is 3.37. The molecule has 0 saturated carbocycles. The van der Waals surface area contributed by atoms with E-state index in [2.05, 4.69) is 10.1 Å². The summed E-state index contributed by atoms with van der Waals surface area (Å²) >= 11 is 0. The van der Waals surface area contributed by atoms with Crippen LogP contribution in [-0.4, -0.2) is 20.4 Å². The molecule has 0 radical (unpaired) electrons. The van der Waals surface area contributed by atoms with Gasteiger partial charge in [-0.1, -0.05) is 0 Å². The summed E-state index contributed by atoms with van der Waals surface area (Å²) in [6.45, 7) is 3.49. The molecule has 2 rings (SSSR count). The predicted molar refractivity (Wildman–Crippen MR) is 52.1 cm³/mol. The van der Waals surface area contributed by atoms with Gasteiger partial charge < -0.3 is 0 Å². The van der Waals surface area contributed by atoms with Crippen molar-refractivity contribution in [2.24, 2.45) is 0 Å². The van der Waals surface area contributed by atoms with Crippen molar-refractivity contribution in [3.05, 3.63) is 29.7 Å². The third kappa shape index (κ3) is 1.51. The molecule has 0 saturated heterocycles. The van der Waals surface area contributed by atoms with Crippen LogP contribution in [0, 0.1) is 6.92 Å². The molecule has 2 heterocycles. The second-order valence-corrected chi connectivity index (χ2v) is 3.37. The number of carbonyl (C=O) groups is 1. The monoisotopic (exact) mass is 189 g/mol. The maximum Gasteiger partial charge on any atom is 0.155 e. The van der Waals surface area contributed by atoms with Gasteiger partial charge in [0.1, 0.15) is 5.78 Å². The first-order valence-corrected chi connectivity index (χ1v) is 4.46. The van der Waals surface area contributed by atoms with Gasteiger partial charge in [0.15, 0.2) is 5.65 Å². The lowest BCUT2D eigenvalue weighted by Gasteiger charge is -2.03. The van der Waals surface area contributed by atoms with Crippen LogP contribution in [0.3, 0.4) is 0 Å². The van der Waals surface area contributed by atoms with E-state index >= 15 is 0 Å². The van der Waals surface area contributed by atoms with Crippen LogP contribution in [0.2, 0.25) is 0 Å². The van der Waals surface area contributed by atoms with Crippen molar-refractivity contribution in [1.82, 2.24) is 14.6 Å². The Hall–Kier alpha value is -1.71. The minimum atomic E-state index is 0.132. The van der Waals surface area contributed by atoms with Gasteiger partial charge in [0.25, 0.3) is 0 Å². The van der Waals surface area contributed by atoms with Crippen molar-refractivity contribution < 1.29 is 4.79 Å². The Morgan fingerprint density at radius 3 is 3.07 bits per heavy atom. The third-order valence-electron chi connectivity index (χ3n) is 1.99. The fourth-order valence-electron chi connectivity index (χ4n) is 1.50. The number of nitrogens with zero attached hydrogens (tertiary/aromatic N) is 3. The van der Waals surface area contributed by atoms with Gasteiger partial charge in [-0.05, 0) is 19.9 Å². The van der Waals surface area contributed by atoms with Crippen LogP contribution < -0.4 is 0 Å². The number of hydrogen-bond donors (Lipinski definition) is 0. The lowest BCUT2D eigenvalue weighted by atomic mass is 10.2. The average molecular weight is 189 g/mol. The van der Waals surface area contributed by atoms with E-state index in [1.54, 1.807) is 17.6 Å². The van der Waals surface area contributed by atoms with Gasteiger partial charge in [-0.2, -0.15) is 5.10 Å². The standard InChI is InChI=1S/C10H11N3O/c1-7-5-9(6-8(2)14)13-10(12-7)3-4-11-13/h3-5H,6H2,1-2H3. The summed E-state index contributed by atoms with van der Waals surface area (Å²) in [4.78, 5) is 15.3. The number of hydrogen-bond acceptors (Lipinski definition) is 3. The number of aromatic nitrogens is 3. The van der Waals surface area contributed by atoms with Crippen LogP contribution in [0.25, 0.3) is 5.65 Å². The molecular weight excluding hydrogens is 178 g/mol. The summed E-state index contributed by atoms with van der Waals surface area (Å²) < 4.78 is 1.70. The number of carbonyl (C=O) groups excluding carboxylic acids is 1. The van der Waals surface area contributed by atoms with Crippen molar-refractivity contribution in [2.75, 3.05) is 0 Å². The SMILES string of the molecule is CC(=O)Cc1cc(C)nc2ccnn12. The van der Waals surface area contributed by atoms with Gasteiger partial charge in [-0.3, -0.25) is 4.79 Å². The molecule has 14 heavy (non-hydrogen) atoms. The molecule has 0 aliphatic heterocycles. The highest BCUT2D eigenvalue weighted by Crippen LogP contribution is 2.07. The first-order chi connectivity index (χ1) is 6.66. The molecule has 4 nitrogen and oxygen atoms in total. The number of fused-ring (bicyclic) bond motifs is 1. The second kappa shape index (κ2) is 3.21. The van der Waals surface area contributed by atoms with Crippen LogP contribution in [0.5, 0.6) is 0 Å². The van der Waals surface area contributed by atoms with Crippen LogP contribution in [0.4, 0.5) is 0 Å². The maximum atomic E-state index is 11.0. The largest absolute Gasteiger partial charge is 0.300 e. The maximum absolute atomic E-state index is 11.0. The molecular formula is C10H11N3O. The van der Waals surface area contributed by atoms with Gasteiger partial charge in [-0.25, -0.2) is 9.50 Å². The van der Waals surface area contributed by atoms with Crippen LogP contribution in [-0.2, 0) is 11.2 Å². The molecule has 0 bridgehead atoms. The van der Waals surface area contributed by atoms with Crippen LogP contribution >= 0.6 is 0 Å². The summed E-state index contributed by atoms with van der Waals surface area (Å²) in [6.07, 6.45) is 2.09. The molecule has 0 N–H and O–H groups in total. The molecule has 72 valence electrons.